The lowest BCUT2D eigenvalue weighted by molar-refractivity contribution is -0.142. The second-order valence-electron chi connectivity index (χ2n) is 7.05. The number of rotatable bonds is 2. The standard InChI is InChI=1S/C17H24N2OS/c1-17(8-2-3-9-18-17)16(20)19-10-6-14-13(7-11-21-14)15(19)12-4-5-12/h7,11-12,15,18H,2-6,8-10H2,1H3. The van der Waals surface area contributed by atoms with Crippen molar-refractivity contribution in [3.05, 3.63) is 21.9 Å². The van der Waals surface area contributed by atoms with Gasteiger partial charge in [0.05, 0.1) is 11.6 Å². The summed E-state index contributed by atoms with van der Waals surface area (Å²) in [4.78, 5) is 16.9. The third kappa shape index (κ3) is 2.33. The lowest BCUT2D eigenvalue weighted by Gasteiger charge is -2.43. The van der Waals surface area contributed by atoms with Gasteiger partial charge in [-0.1, -0.05) is 0 Å². The molecule has 21 heavy (non-hydrogen) atoms. The van der Waals surface area contributed by atoms with E-state index in [1.165, 1.54) is 36.1 Å². The molecular weight excluding hydrogens is 280 g/mol. The van der Waals surface area contributed by atoms with Crippen LogP contribution in [0.25, 0.3) is 0 Å². The largest absolute Gasteiger partial charge is 0.333 e. The van der Waals surface area contributed by atoms with E-state index < -0.39 is 0 Å². The highest BCUT2D eigenvalue weighted by atomic mass is 32.1. The van der Waals surface area contributed by atoms with Gasteiger partial charge in [-0.25, -0.2) is 0 Å². The zero-order valence-electron chi connectivity index (χ0n) is 12.7. The van der Waals surface area contributed by atoms with Crippen LogP contribution >= 0.6 is 11.3 Å². The minimum atomic E-state index is -0.334. The van der Waals surface area contributed by atoms with Crippen LogP contribution in [0.1, 0.15) is 55.5 Å². The summed E-state index contributed by atoms with van der Waals surface area (Å²) in [6.45, 7) is 4.00. The topological polar surface area (TPSA) is 32.3 Å². The molecule has 1 saturated heterocycles. The molecule has 1 amide bonds. The Morgan fingerprint density at radius 3 is 3.00 bits per heavy atom. The van der Waals surface area contributed by atoms with E-state index in [1.807, 2.05) is 11.3 Å². The third-order valence-electron chi connectivity index (χ3n) is 5.43. The molecule has 4 rings (SSSR count). The van der Waals surface area contributed by atoms with Crippen molar-refractivity contribution in [1.82, 2.24) is 10.2 Å². The number of piperidine rings is 1. The number of nitrogens with zero attached hydrogens (tertiary/aromatic N) is 1. The Hall–Kier alpha value is -0.870. The molecule has 4 heteroatoms. The fourth-order valence-corrected chi connectivity index (χ4v) is 4.96. The van der Waals surface area contributed by atoms with Crippen molar-refractivity contribution >= 4 is 17.2 Å². The SMILES string of the molecule is CC1(C(=O)N2CCc3sccc3C2C2CC2)CCCCN1. The van der Waals surface area contributed by atoms with Crippen LogP contribution < -0.4 is 5.32 Å². The first-order chi connectivity index (χ1) is 10.2. The number of thiophene rings is 1. The predicted octanol–water partition coefficient (Wildman–Crippen LogP) is 3.12. The van der Waals surface area contributed by atoms with Gasteiger partial charge in [-0.15, -0.1) is 11.3 Å². The first kappa shape index (κ1) is 13.8. The van der Waals surface area contributed by atoms with Crippen LogP contribution in [0.15, 0.2) is 11.4 Å². The molecule has 0 bridgehead atoms. The van der Waals surface area contributed by atoms with Gasteiger partial charge in [-0.05, 0) is 74.9 Å². The van der Waals surface area contributed by atoms with Gasteiger partial charge in [-0.2, -0.15) is 0 Å². The summed E-state index contributed by atoms with van der Waals surface area (Å²) in [5.41, 5.74) is 1.11. The quantitative estimate of drug-likeness (QED) is 0.910. The first-order valence-electron chi connectivity index (χ1n) is 8.31. The van der Waals surface area contributed by atoms with Gasteiger partial charge in [0, 0.05) is 11.4 Å². The highest BCUT2D eigenvalue weighted by Crippen LogP contribution is 2.49. The summed E-state index contributed by atoms with van der Waals surface area (Å²) >= 11 is 1.87. The van der Waals surface area contributed by atoms with Crippen molar-refractivity contribution in [1.29, 1.82) is 0 Å². The summed E-state index contributed by atoms with van der Waals surface area (Å²) in [6, 6.07) is 2.62. The van der Waals surface area contributed by atoms with Crippen molar-refractivity contribution in [3.8, 4) is 0 Å². The normalized spacial score (nSPS) is 32.8. The second kappa shape index (κ2) is 5.10. The van der Waals surface area contributed by atoms with Crippen molar-refractivity contribution in [2.24, 2.45) is 5.92 Å². The van der Waals surface area contributed by atoms with Gasteiger partial charge < -0.3 is 10.2 Å². The van der Waals surface area contributed by atoms with Crippen LogP contribution in [0, 0.1) is 5.92 Å². The van der Waals surface area contributed by atoms with Crippen LogP contribution in [0.2, 0.25) is 0 Å². The van der Waals surface area contributed by atoms with E-state index in [1.54, 1.807) is 0 Å². The van der Waals surface area contributed by atoms with Crippen LogP contribution in [0.5, 0.6) is 0 Å². The Labute approximate surface area is 130 Å². The molecule has 2 aliphatic heterocycles. The average Bonchev–Trinajstić information content (AvgIpc) is 3.22. The number of fused-ring (bicyclic) bond motifs is 1. The zero-order valence-corrected chi connectivity index (χ0v) is 13.5. The molecule has 114 valence electrons. The van der Waals surface area contributed by atoms with Gasteiger partial charge in [0.1, 0.15) is 0 Å². The Morgan fingerprint density at radius 1 is 1.43 bits per heavy atom. The highest BCUT2D eigenvalue weighted by Gasteiger charge is 2.46. The maximum absolute atomic E-state index is 13.2. The molecule has 1 aromatic rings. The van der Waals surface area contributed by atoms with Gasteiger partial charge in [-0.3, -0.25) is 4.79 Å². The Kier molecular flexibility index (Phi) is 3.34. The number of hydrogen-bond donors (Lipinski definition) is 1. The van der Waals surface area contributed by atoms with E-state index in [0.29, 0.717) is 17.9 Å². The Morgan fingerprint density at radius 2 is 2.29 bits per heavy atom. The number of hydrogen-bond acceptors (Lipinski definition) is 3. The van der Waals surface area contributed by atoms with Gasteiger partial charge in [0.25, 0.3) is 0 Å². The average molecular weight is 304 g/mol. The van der Waals surface area contributed by atoms with E-state index >= 15 is 0 Å². The van der Waals surface area contributed by atoms with Gasteiger partial charge in [0.2, 0.25) is 5.91 Å². The maximum atomic E-state index is 13.2. The molecule has 1 N–H and O–H groups in total. The molecule has 3 nitrogen and oxygen atoms in total. The lowest BCUT2D eigenvalue weighted by atomic mass is 9.86. The van der Waals surface area contributed by atoms with E-state index in [9.17, 15) is 4.79 Å². The van der Waals surface area contributed by atoms with E-state index in [2.05, 4.69) is 28.6 Å². The van der Waals surface area contributed by atoms with Crippen LogP contribution in [0.4, 0.5) is 0 Å². The summed E-state index contributed by atoms with van der Waals surface area (Å²) in [5.74, 6) is 1.05. The molecule has 2 unspecified atom stereocenters. The second-order valence-corrected chi connectivity index (χ2v) is 8.05. The van der Waals surface area contributed by atoms with Gasteiger partial charge >= 0.3 is 0 Å². The maximum Gasteiger partial charge on any atom is 0.243 e. The van der Waals surface area contributed by atoms with E-state index in [-0.39, 0.29) is 5.54 Å². The Bertz CT molecular complexity index is 543. The lowest BCUT2D eigenvalue weighted by Crippen LogP contribution is -2.59. The minimum absolute atomic E-state index is 0.334. The number of amides is 1. The molecule has 0 radical (unpaired) electrons. The molecule has 3 heterocycles. The van der Waals surface area contributed by atoms with Crippen molar-refractivity contribution in [2.75, 3.05) is 13.1 Å². The predicted molar refractivity (Wildman–Crippen MR) is 85.5 cm³/mol. The van der Waals surface area contributed by atoms with E-state index in [0.717, 1.165) is 25.9 Å². The highest BCUT2D eigenvalue weighted by molar-refractivity contribution is 7.10. The molecule has 1 aromatic heterocycles. The summed E-state index contributed by atoms with van der Waals surface area (Å²) < 4.78 is 0. The van der Waals surface area contributed by atoms with Crippen molar-refractivity contribution in [2.45, 2.75) is 57.0 Å². The monoisotopic (exact) mass is 304 g/mol. The molecule has 0 aromatic carbocycles. The minimum Gasteiger partial charge on any atom is -0.333 e. The summed E-state index contributed by atoms with van der Waals surface area (Å²) in [6.07, 6.45) is 6.96. The molecule has 2 atom stereocenters. The zero-order chi connectivity index (χ0) is 14.4. The number of carbonyl (C=O) groups is 1. The molecule has 3 aliphatic rings. The molecule has 0 spiro atoms. The fourth-order valence-electron chi connectivity index (χ4n) is 4.05. The van der Waals surface area contributed by atoms with E-state index in [4.69, 9.17) is 0 Å². The molecule has 1 saturated carbocycles. The molecule has 1 aliphatic carbocycles. The number of nitrogens with one attached hydrogen (secondary N) is 1. The summed E-state index contributed by atoms with van der Waals surface area (Å²) in [7, 11) is 0. The van der Waals surface area contributed by atoms with Crippen LogP contribution in [-0.2, 0) is 11.2 Å². The van der Waals surface area contributed by atoms with Gasteiger partial charge in [0.15, 0.2) is 0 Å². The summed E-state index contributed by atoms with van der Waals surface area (Å²) in [5, 5.41) is 5.70. The third-order valence-corrected chi connectivity index (χ3v) is 6.43. The Balaban J connectivity index is 1.63. The molecule has 2 fully saturated rings. The van der Waals surface area contributed by atoms with Crippen LogP contribution in [-0.4, -0.2) is 29.4 Å². The first-order valence-corrected chi connectivity index (χ1v) is 9.19. The number of carbonyl (C=O) groups excluding carboxylic acids is 1. The smallest absolute Gasteiger partial charge is 0.243 e. The van der Waals surface area contributed by atoms with Crippen molar-refractivity contribution in [3.63, 3.8) is 0 Å². The fraction of sp³-hybridized carbons (Fsp3) is 0.706. The van der Waals surface area contributed by atoms with Crippen LogP contribution in [0.3, 0.4) is 0 Å². The molecular formula is C17H24N2OS. The van der Waals surface area contributed by atoms with Crippen molar-refractivity contribution < 1.29 is 4.79 Å².